The predicted molar refractivity (Wildman–Crippen MR) is 120 cm³/mol. The van der Waals surface area contributed by atoms with Gasteiger partial charge in [0.05, 0.1) is 36.0 Å². The summed E-state index contributed by atoms with van der Waals surface area (Å²) in [7, 11) is -1.65. The van der Waals surface area contributed by atoms with Crippen LogP contribution < -0.4 is 14.8 Å². The number of carbonyl (C=O) groups is 1. The Hall–Kier alpha value is -3.25. The highest BCUT2D eigenvalue weighted by Gasteiger charge is 2.30. The van der Waals surface area contributed by atoms with Gasteiger partial charge < -0.3 is 14.6 Å². The third-order valence-electron chi connectivity index (χ3n) is 5.58. The lowest BCUT2D eigenvalue weighted by atomic mass is 9.89. The Morgan fingerprint density at radius 2 is 2.06 bits per heavy atom. The first-order chi connectivity index (χ1) is 16.2. The van der Waals surface area contributed by atoms with E-state index in [9.17, 15) is 22.0 Å². The molecule has 0 bridgehead atoms. The Morgan fingerprint density at radius 3 is 2.76 bits per heavy atom. The summed E-state index contributed by atoms with van der Waals surface area (Å²) in [6.45, 7) is 0.299. The van der Waals surface area contributed by atoms with Crippen LogP contribution in [0.25, 0.3) is 0 Å². The molecule has 2 aromatic heterocycles. The Kier molecular flexibility index (Phi) is 6.45. The Bertz CT molecular complexity index is 1380. The molecule has 1 atom stereocenters. The molecule has 3 heterocycles. The van der Waals surface area contributed by atoms with Gasteiger partial charge in [-0.1, -0.05) is 11.6 Å². The van der Waals surface area contributed by atoms with E-state index in [4.69, 9.17) is 16.3 Å². The molecule has 34 heavy (non-hydrogen) atoms. The van der Waals surface area contributed by atoms with E-state index in [1.54, 1.807) is 4.57 Å². The molecule has 180 valence electrons. The zero-order valence-electron chi connectivity index (χ0n) is 18.1. The molecule has 0 fully saturated rings. The van der Waals surface area contributed by atoms with Gasteiger partial charge in [0.2, 0.25) is 5.88 Å². The van der Waals surface area contributed by atoms with Crippen LogP contribution in [-0.2, 0) is 23.0 Å². The molecular weight excluding hydrogens is 492 g/mol. The summed E-state index contributed by atoms with van der Waals surface area (Å²) in [5.74, 6) is -2.49. The van der Waals surface area contributed by atoms with Crippen molar-refractivity contribution in [2.24, 2.45) is 0 Å². The number of halogens is 3. The minimum atomic E-state index is -4.36. The highest BCUT2D eigenvalue weighted by Crippen LogP contribution is 2.40. The summed E-state index contributed by atoms with van der Waals surface area (Å²) in [6.07, 6.45) is 3.24. The zero-order valence-corrected chi connectivity index (χ0v) is 19.7. The SMILES string of the molecule is CNC(=O)c1ncn2c1CC[C@H](c1c(F)ccc(NS(=O)(=O)c3cc(F)cnc3OC)c1Cl)C2. The minimum absolute atomic E-state index is 0.0770. The van der Waals surface area contributed by atoms with Crippen molar-refractivity contribution in [1.82, 2.24) is 19.9 Å². The number of methoxy groups -OCH3 is 1. The van der Waals surface area contributed by atoms with Crippen molar-refractivity contribution >= 4 is 33.2 Å². The molecule has 1 aliphatic heterocycles. The molecule has 3 aromatic rings. The van der Waals surface area contributed by atoms with Crippen LogP contribution in [0.1, 0.15) is 34.1 Å². The highest BCUT2D eigenvalue weighted by atomic mass is 35.5. The summed E-state index contributed by atoms with van der Waals surface area (Å²) >= 11 is 6.47. The molecule has 1 aliphatic rings. The highest BCUT2D eigenvalue weighted by molar-refractivity contribution is 7.92. The fourth-order valence-electron chi connectivity index (χ4n) is 3.99. The summed E-state index contributed by atoms with van der Waals surface area (Å²) in [4.78, 5) is 19.2. The molecule has 13 heteroatoms. The lowest BCUT2D eigenvalue weighted by Crippen LogP contribution is -2.24. The van der Waals surface area contributed by atoms with E-state index in [-0.39, 0.29) is 28.1 Å². The zero-order chi connectivity index (χ0) is 24.6. The third-order valence-corrected chi connectivity index (χ3v) is 7.35. The molecule has 1 aromatic carbocycles. The molecule has 2 N–H and O–H groups in total. The van der Waals surface area contributed by atoms with Crippen molar-refractivity contribution in [3.63, 3.8) is 0 Å². The number of pyridine rings is 1. The molecule has 0 aliphatic carbocycles. The lowest BCUT2D eigenvalue weighted by Gasteiger charge is -2.27. The van der Waals surface area contributed by atoms with Crippen LogP contribution in [-0.4, -0.2) is 43.0 Å². The Morgan fingerprint density at radius 1 is 1.29 bits per heavy atom. The molecule has 9 nitrogen and oxygen atoms in total. The maximum atomic E-state index is 14.9. The number of hydrogen-bond donors (Lipinski definition) is 2. The second kappa shape index (κ2) is 9.18. The van der Waals surface area contributed by atoms with Gasteiger partial charge in [-0.15, -0.1) is 0 Å². The van der Waals surface area contributed by atoms with Gasteiger partial charge in [-0.3, -0.25) is 9.52 Å². The number of fused-ring (bicyclic) bond motifs is 1. The van der Waals surface area contributed by atoms with Gasteiger partial charge in [0.25, 0.3) is 15.9 Å². The van der Waals surface area contributed by atoms with Gasteiger partial charge in [-0.2, -0.15) is 0 Å². The number of imidazole rings is 1. The van der Waals surface area contributed by atoms with Crippen LogP contribution in [0.4, 0.5) is 14.5 Å². The van der Waals surface area contributed by atoms with Gasteiger partial charge in [0.1, 0.15) is 17.3 Å². The first-order valence-corrected chi connectivity index (χ1v) is 12.0. The number of carbonyl (C=O) groups excluding carboxylic acids is 1. The number of aromatic nitrogens is 3. The van der Waals surface area contributed by atoms with E-state index in [1.807, 2.05) is 0 Å². The van der Waals surface area contributed by atoms with E-state index in [2.05, 4.69) is 20.0 Å². The number of amides is 1. The van der Waals surface area contributed by atoms with Crippen LogP contribution >= 0.6 is 11.6 Å². The fraction of sp³-hybridized carbons (Fsp3) is 0.286. The standard InChI is InChI=1S/C21H20ClF2N5O4S/c1-25-20(30)19-15-6-3-11(9-29(15)10-27-19)17-13(24)4-5-14(18(17)22)28-34(31,32)16-7-12(23)8-26-21(16)33-2/h4-5,7-8,10-11,28H,3,6,9H2,1-2H3,(H,25,30)/t11-/m0/s1. The number of benzene rings is 1. The average Bonchev–Trinajstić information content (AvgIpc) is 3.24. The molecule has 1 amide bonds. The Labute approximate surface area is 199 Å². The van der Waals surface area contributed by atoms with Crippen molar-refractivity contribution in [3.05, 3.63) is 64.3 Å². The average molecular weight is 512 g/mol. The van der Waals surface area contributed by atoms with E-state index in [0.717, 1.165) is 24.0 Å². The van der Waals surface area contributed by atoms with Gasteiger partial charge in [0.15, 0.2) is 4.90 Å². The summed E-state index contributed by atoms with van der Waals surface area (Å²) in [5, 5.41) is 2.42. The molecule has 0 saturated heterocycles. The van der Waals surface area contributed by atoms with Crippen LogP contribution in [0.15, 0.2) is 35.6 Å². The van der Waals surface area contributed by atoms with Crippen molar-refractivity contribution in [2.45, 2.75) is 30.2 Å². The molecular formula is C21H20ClF2N5O4S. The molecule has 0 radical (unpaired) electrons. The van der Waals surface area contributed by atoms with Gasteiger partial charge in [-0.05, 0) is 25.0 Å². The normalized spacial score (nSPS) is 15.5. The fourth-order valence-corrected chi connectivity index (χ4v) is 5.60. The molecule has 0 unspecified atom stereocenters. The number of rotatable bonds is 6. The maximum Gasteiger partial charge on any atom is 0.271 e. The third kappa shape index (κ3) is 4.30. The van der Waals surface area contributed by atoms with Crippen molar-refractivity contribution in [3.8, 4) is 5.88 Å². The number of hydrogen-bond acceptors (Lipinski definition) is 6. The van der Waals surface area contributed by atoms with Crippen molar-refractivity contribution in [1.29, 1.82) is 0 Å². The van der Waals surface area contributed by atoms with E-state index in [1.165, 1.54) is 26.6 Å². The number of nitrogens with zero attached hydrogens (tertiary/aromatic N) is 3. The maximum absolute atomic E-state index is 14.9. The summed E-state index contributed by atoms with van der Waals surface area (Å²) < 4.78 is 63.3. The monoisotopic (exact) mass is 511 g/mol. The largest absolute Gasteiger partial charge is 0.480 e. The lowest BCUT2D eigenvalue weighted by molar-refractivity contribution is 0.0957. The van der Waals surface area contributed by atoms with Gasteiger partial charge in [0, 0.05) is 31.1 Å². The second-order valence-electron chi connectivity index (χ2n) is 7.60. The van der Waals surface area contributed by atoms with Crippen molar-refractivity contribution in [2.75, 3.05) is 18.9 Å². The van der Waals surface area contributed by atoms with Crippen molar-refractivity contribution < 1.29 is 26.7 Å². The number of nitrogens with one attached hydrogen (secondary N) is 2. The van der Waals surface area contributed by atoms with Gasteiger partial charge in [-0.25, -0.2) is 27.2 Å². The first kappa shape index (κ1) is 23.9. The van der Waals surface area contributed by atoms with Crippen LogP contribution in [0.3, 0.4) is 0 Å². The Balaban J connectivity index is 1.67. The quantitative estimate of drug-likeness (QED) is 0.525. The topological polar surface area (TPSA) is 115 Å². The molecule has 0 saturated carbocycles. The van der Waals surface area contributed by atoms with Gasteiger partial charge >= 0.3 is 0 Å². The first-order valence-electron chi connectivity index (χ1n) is 10.1. The van der Waals surface area contributed by atoms with E-state index >= 15 is 0 Å². The van der Waals surface area contributed by atoms with Crippen LogP contribution in [0.5, 0.6) is 5.88 Å². The van der Waals surface area contributed by atoms with Crippen LogP contribution in [0.2, 0.25) is 5.02 Å². The predicted octanol–water partition coefficient (Wildman–Crippen LogP) is 3.11. The molecule has 0 spiro atoms. The van der Waals surface area contributed by atoms with Crippen LogP contribution in [0, 0.1) is 11.6 Å². The second-order valence-corrected chi connectivity index (χ2v) is 9.62. The summed E-state index contributed by atoms with van der Waals surface area (Å²) in [5.41, 5.74) is 1.10. The number of sulfonamides is 1. The smallest absolute Gasteiger partial charge is 0.271 e. The number of ether oxygens (including phenoxy) is 1. The van der Waals surface area contributed by atoms with E-state index < -0.39 is 32.5 Å². The number of anilines is 1. The molecule has 4 rings (SSSR count). The van der Waals surface area contributed by atoms with E-state index in [0.29, 0.717) is 25.1 Å². The summed E-state index contributed by atoms with van der Waals surface area (Å²) in [6, 6.07) is 3.06. The minimum Gasteiger partial charge on any atom is -0.480 e.